The van der Waals surface area contributed by atoms with Crippen LogP contribution in [0, 0.1) is 0 Å². The number of methoxy groups -OCH3 is 2. The second-order valence-corrected chi connectivity index (χ2v) is 8.82. The second kappa shape index (κ2) is 8.04. The molecule has 0 aromatic heterocycles. The lowest BCUT2D eigenvalue weighted by Gasteiger charge is -2.27. The van der Waals surface area contributed by atoms with Crippen molar-refractivity contribution in [3.63, 3.8) is 0 Å². The van der Waals surface area contributed by atoms with Gasteiger partial charge in [-0.2, -0.15) is 17.5 Å². The van der Waals surface area contributed by atoms with Crippen molar-refractivity contribution < 1.29 is 31.1 Å². The van der Waals surface area contributed by atoms with Gasteiger partial charge in [-0.25, -0.2) is 8.42 Å². The number of benzene rings is 2. The predicted octanol–water partition coefficient (Wildman–Crippen LogP) is 4.90. The van der Waals surface area contributed by atoms with Gasteiger partial charge in [-0.15, -0.1) is 0 Å². The highest BCUT2D eigenvalue weighted by molar-refractivity contribution is 7.89. The summed E-state index contributed by atoms with van der Waals surface area (Å²) in [4.78, 5) is -0.817. The van der Waals surface area contributed by atoms with E-state index in [-0.39, 0.29) is 11.6 Å². The van der Waals surface area contributed by atoms with Crippen LogP contribution in [0.3, 0.4) is 0 Å². The fraction of sp³-hybridized carbons (Fsp3) is 0.368. The normalized spacial score (nSPS) is 18.1. The van der Waals surface area contributed by atoms with E-state index in [1.165, 1.54) is 14.2 Å². The monoisotopic (exact) mass is 449 g/mol. The third-order valence-corrected chi connectivity index (χ3v) is 7.03. The van der Waals surface area contributed by atoms with Crippen LogP contribution < -0.4 is 9.47 Å². The first-order valence-electron chi connectivity index (χ1n) is 8.70. The van der Waals surface area contributed by atoms with E-state index in [1.807, 2.05) is 0 Å². The highest BCUT2D eigenvalue weighted by atomic mass is 35.5. The third kappa shape index (κ3) is 4.17. The predicted molar refractivity (Wildman–Crippen MR) is 102 cm³/mol. The van der Waals surface area contributed by atoms with Crippen molar-refractivity contribution in [2.75, 3.05) is 20.8 Å². The van der Waals surface area contributed by atoms with Crippen molar-refractivity contribution in [1.29, 1.82) is 0 Å². The molecule has 1 atom stereocenters. The van der Waals surface area contributed by atoms with E-state index in [0.717, 1.165) is 16.4 Å². The van der Waals surface area contributed by atoms with Crippen LogP contribution in [-0.2, 0) is 16.2 Å². The fourth-order valence-corrected chi connectivity index (χ4v) is 5.55. The van der Waals surface area contributed by atoms with E-state index in [4.69, 9.17) is 21.1 Å². The SMILES string of the molecule is COc1ccc(OC)c([C@@H]2CCCN2S(=O)(=O)c2ccc(Cl)cc2C(F)(F)F)c1. The minimum absolute atomic E-state index is 0.0906. The van der Waals surface area contributed by atoms with Crippen molar-refractivity contribution in [3.05, 3.63) is 52.5 Å². The van der Waals surface area contributed by atoms with E-state index in [0.29, 0.717) is 36.0 Å². The molecule has 158 valence electrons. The topological polar surface area (TPSA) is 55.8 Å². The molecule has 1 fully saturated rings. The summed E-state index contributed by atoms with van der Waals surface area (Å²) >= 11 is 5.69. The van der Waals surface area contributed by atoms with Gasteiger partial charge in [0.1, 0.15) is 11.5 Å². The molecule has 5 nitrogen and oxygen atoms in total. The number of hydrogen-bond acceptors (Lipinski definition) is 4. The summed E-state index contributed by atoms with van der Waals surface area (Å²) < 4.78 is 78.7. The first-order valence-corrected chi connectivity index (χ1v) is 10.5. The maximum atomic E-state index is 13.5. The van der Waals surface area contributed by atoms with Gasteiger partial charge < -0.3 is 9.47 Å². The summed E-state index contributed by atoms with van der Waals surface area (Å²) in [5.41, 5.74) is -0.747. The van der Waals surface area contributed by atoms with E-state index in [2.05, 4.69) is 0 Å². The van der Waals surface area contributed by atoms with Crippen molar-refractivity contribution in [2.45, 2.75) is 30.0 Å². The molecular formula is C19H19ClF3NO4S. The Kier molecular flexibility index (Phi) is 6.03. The van der Waals surface area contributed by atoms with Crippen LogP contribution in [-0.4, -0.2) is 33.5 Å². The summed E-state index contributed by atoms with van der Waals surface area (Å²) in [7, 11) is -1.54. The molecule has 29 heavy (non-hydrogen) atoms. The summed E-state index contributed by atoms with van der Waals surface area (Å²) in [5.74, 6) is 0.928. The molecule has 10 heteroatoms. The molecule has 0 radical (unpaired) electrons. The number of ether oxygens (including phenoxy) is 2. The van der Waals surface area contributed by atoms with Gasteiger partial charge in [-0.3, -0.25) is 0 Å². The molecule has 0 bridgehead atoms. The van der Waals surface area contributed by atoms with Gasteiger partial charge in [-0.05, 0) is 49.2 Å². The van der Waals surface area contributed by atoms with E-state index < -0.39 is 32.7 Å². The van der Waals surface area contributed by atoms with Crippen molar-refractivity contribution >= 4 is 21.6 Å². The summed E-state index contributed by atoms with van der Waals surface area (Å²) in [6, 6.07) is 6.94. The number of halogens is 4. The van der Waals surface area contributed by atoms with Crippen molar-refractivity contribution in [2.24, 2.45) is 0 Å². The lowest BCUT2D eigenvalue weighted by Crippen LogP contribution is -2.32. The van der Waals surface area contributed by atoms with Gasteiger partial charge >= 0.3 is 6.18 Å². The number of nitrogens with zero attached hydrogens (tertiary/aromatic N) is 1. The molecule has 1 heterocycles. The smallest absolute Gasteiger partial charge is 0.417 e. The van der Waals surface area contributed by atoms with Crippen LogP contribution in [0.5, 0.6) is 11.5 Å². The van der Waals surface area contributed by atoms with Crippen LogP contribution in [0.25, 0.3) is 0 Å². The molecule has 0 N–H and O–H groups in total. The molecule has 0 aliphatic carbocycles. The first-order chi connectivity index (χ1) is 13.6. The van der Waals surface area contributed by atoms with E-state index >= 15 is 0 Å². The van der Waals surface area contributed by atoms with Crippen LogP contribution in [0.1, 0.15) is 30.0 Å². The van der Waals surface area contributed by atoms with E-state index in [1.54, 1.807) is 18.2 Å². The lowest BCUT2D eigenvalue weighted by atomic mass is 10.0. The molecule has 1 aliphatic heterocycles. The highest BCUT2D eigenvalue weighted by Gasteiger charge is 2.43. The van der Waals surface area contributed by atoms with Gasteiger partial charge in [0.2, 0.25) is 10.0 Å². The minimum Gasteiger partial charge on any atom is -0.497 e. The van der Waals surface area contributed by atoms with Gasteiger partial charge in [0.25, 0.3) is 0 Å². The molecule has 2 aromatic rings. The maximum Gasteiger partial charge on any atom is 0.417 e. The fourth-order valence-electron chi connectivity index (χ4n) is 3.51. The molecule has 0 saturated carbocycles. The lowest BCUT2D eigenvalue weighted by molar-refractivity contribution is -0.139. The quantitative estimate of drug-likeness (QED) is 0.651. The zero-order valence-corrected chi connectivity index (χ0v) is 17.2. The van der Waals surface area contributed by atoms with Crippen molar-refractivity contribution in [1.82, 2.24) is 4.31 Å². The molecule has 1 aliphatic rings. The number of alkyl halides is 3. The Balaban J connectivity index is 2.11. The number of rotatable bonds is 5. The summed E-state index contributed by atoms with van der Waals surface area (Å²) in [6.45, 7) is 0.0906. The second-order valence-electron chi connectivity index (χ2n) is 6.52. The van der Waals surface area contributed by atoms with Gasteiger partial charge in [0, 0.05) is 17.1 Å². The zero-order chi connectivity index (χ0) is 21.4. The Bertz CT molecular complexity index is 1010. The van der Waals surface area contributed by atoms with Gasteiger partial charge in [0.15, 0.2) is 0 Å². The van der Waals surface area contributed by atoms with Crippen LogP contribution >= 0.6 is 11.6 Å². The number of sulfonamides is 1. The van der Waals surface area contributed by atoms with Gasteiger partial charge in [-0.1, -0.05) is 11.6 Å². The van der Waals surface area contributed by atoms with Crippen LogP contribution in [0.4, 0.5) is 13.2 Å². The molecule has 0 amide bonds. The van der Waals surface area contributed by atoms with Crippen LogP contribution in [0.15, 0.2) is 41.3 Å². The Labute approximate surface area is 172 Å². The zero-order valence-electron chi connectivity index (χ0n) is 15.7. The Hall–Kier alpha value is -1.97. The first kappa shape index (κ1) is 21.7. The average Bonchev–Trinajstić information content (AvgIpc) is 3.17. The third-order valence-electron chi connectivity index (χ3n) is 4.83. The standard InChI is InChI=1S/C19H19ClF3NO4S/c1-27-13-6-7-17(28-2)14(11-13)16-4-3-9-24(16)29(25,26)18-8-5-12(20)10-15(18)19(21,22)23/h5-8,10-11,16H,3-4,9H2,1-2H3/t16-/m0/s1. The number of hydrogen-bond donors (Lipinski definition) is 0. The molecule has 2 aromatic carbocycles. The Morgan fingerprint density at radius 3 is 2.45 bits per heavy atom. The maximum absolute atomic E-state index is 13.5. The van der Waals surface area contributed by atoms with E-state index in [9.17, 15) is 21.6 Å². The van der Waals surface area contributed by atoms with Gasteiger partial charge in [0.05, 0.1) is 30.7 Å². The summed E-state index contributed by atoms with van der Waals surface area (Å²) in [5, 5.41) is -0.191. The Morgan fingerprint density at radius 2 is 1.83 bits per heavy atom. The molecule has 0 spiro atoms. The average molecular weight is 450 g/mol. The Morgan fingerprint density at radius 1 is 1.10 bits per heavy atom. The molecular weight excluding hydrogens is 431 g/mol. The molecule has 0 unspecified atom stereocenters. The largest absolute Gasteiger partial charge is 0.497 e. The highest BCUT2D eigenvalue weighted by Crippen LogP contribution is 2.44. The minimum atomic E-state index is -4.86. The molecule has 3 rings (SSSR count). The van der Waals surface area contributed by atoms with Crippen LogP contribution in [0.2, 0.25) is 5.02 Å². The van der Waals surface area contributed by atoms with Crippen molar-refractivity contribution in [3.8, 4) is 11.5 Å². The molecule has 1 saturated heterocycles. The summed E-state index contributed by atoms with van der Waals surface area (Å²) in [6.07, 6.45) is -3.92.